The maximum atomic E-state index is 6.01. The van der Waals surface area contributed by atoms with E-state index in [1.165, 1.54) is 0 Å². The van der Waals surface area contributed by atoms with Crippen molar-refractivity contribution in [3.63, 3.8) is 0 Å². The van der Waals surface area contributed by atoms with Gasteiger partial charge in [0.1, 0.15) is 29.4 Å². The third-order valence-corrected chi connectivity index (χ3v) is 4.00. The summed E-state index contributed by atoms with van der Waals surface area (Å²) in [5.74, 6) is 2.41. The molecule has 0 fully saturated rings. The van der Waals surface area contributed by atoms with Gasteiger partial charge in [0, 0.05) is 17.0 Å². The fourth-order valence-corrected chi connectivity index (χ4v) is 2.62. The van der Waals surface area contributed by atoms with Crippen molar-refractivity contribution < 1.29 is 13.9 Å². The number of furan rings is 1. The molecule has 7 heteroatoms. The van der Waals surface area contributed by atoms with Crippen LogP contribution in [-0.2, 0) is 6.54 Å². The van der Waals surface area contributed by atoms with E-state index in [0.29, 0.717) is 23.7 Å². The molecule has 3 rings (SSSR count). The molecule has 1 aromatic heterocycles. The summed E-state index contributed by atoms with van der Waals surface area (Å²) in [5.41, 5.74) is 8.63. The predicted molar refractivity (Wildman–Crippen MR) is 115 cm³/mol. The molecule has 0 spiro atoms. The van der Waals surface area contributed by atoms with Crippen LogP contribution in [0.3, 0.4) is 0 Å². The van der Waals surface area contributed by atoms with Crippen molar-refractivity contribution >= 4 is 46.6 Å². The summed E-state index contributed by atoms with van der Waals surface area (Å²) in [5, 5.41) is 4.13. The summed E-state index contributed by atoms with van der Waals surface area (Å²) >= 11 is 0. The summed E-state index contributed by atoms with van der Waals surface area (Å²) in [6.45, 7) is 2.37. The Kier molecular flexibility index (Phi) is 6.73. The lowest BCUT2D eigenvalue weighted by atomic mass is 10.1. The number of aliphatic imine (C=N–C) groups is 1. The zero-order valence-corrected chi connectivity index (χ0v) is 17.2. The van der Waals surface area contributed by atoms with Crippen LogP contribution < -0.4 is 20.5 Å². The van der Waals surface area contributed by atoms with Crippen LogP contribution in [0.1, 0.15) is 11.3 Å². The van der Waals surface area contributed by atoms with Crippen molar-refractivity contribution in [1.29, 1.82) is 0 Å². The summed E-state index contributed by atoms with van der Waals surface area (Å²) in [4.78, 5) is 4.37. The third kappa shape index (κ3) is 4.21. The SMILES string of the molecule is COc1ccc(OC)c(NC(N)=NCc2oc3ccccc3c2C)c1.I. The molecule has 1 heterocycles. The molecule has 26 heavy (non-hydrogen) atoms. The Morgan fingerprint density at radius 1 is 1.15 bits per heavy atom. The van der Waals surface area contributed by atoms with Crippen molar-refractivity contribution in [3.05, 3.63) is 53.8 Å². The fraction of sp³-hybridized carbons (Fsp3) is 0.211. The second-order valence-electron chi connectivity index (χ2n) is 5.54. The Bertz CT molecular complexity index is 922. The molecule has 2 aromatic carbocycles. The van der Waals surface area contributed by atoms with Gasteiger partial charge >= 0.3 is 0 Å². The highest BCUT2D eigenvalue weighted by Crippen LogP contribution is 2.29. The highest BCUT2D eigenvalue weighted by Gasteiger charge is 2.10. The molecule has 0 amide bonds. The van der Waals surface area contributed by atoms with Crippen molar-refractivity contribution in [2.45, 2.75) is 13.5 Å². The summed E-state index contributed by atoms with van der Waals surface area (Å²) in [6, 6.07) is 13.3. The van der Waals surface area contributed by atoms with Crippen LogP contribution in [0, 0.1) is 6.92 Å². The predicted octanol–water partition coefficient (Wildman–Crippen LogP) is 4.30. The van der Waals surface area contributed by atoms with Crippen molar-refractivity contribution in [3.8, 4) is 11.5 Å². The third-order valence-electron chi connectivity index (χ3n) is 4.00. The highest BCUT2D eigenvalue weighted by atomic mass is 127. The van der Waals surface area contributed by atoms with Gasteiger partial charge in [-0.1, -0.05) is 18.2 Å². The van der Waals surface area contributed by atoms with Crippen LogP contribution in [0.4, 0.5) is 5.69 Å². The number of guanidine groups is 1. The van der Waals surface area contributed by atoms with Gasteiger partial charge in [-0.2, -0.15) is 0 Å². The maximum Gasteiger partial charge on any atom is 0.193 e. The Labute approximate surface area is 169 Å². The zero-order valence-electron chi connectivity index (χ0n) is 14.9. The monoisotopic (exact) mass is 467 g/mol. The Hall–Kier alpha value is -2.42. The molecule has 0 saturated heterocycles. The number of benzene rings is 2. The van der Waals surface area contributed by atoms with E-state index in [2.05, 4.69) is 10.3 Å². The summed E-state index contributed by atoms with van der Waals surface area (Å²) < 4.78 is 16.4. The number of halogens is 1. The van der Waals surface area contributed by atoms with Gasteiger partial charge in [0.05, 0.1) is 19.9 Å². The number of hydrogen-bond donors (Lipinski definition) is 2. The lowest BCUT2D eigenvalue weighted by Gasteiger charge is -2.12. The number of hydrogen-bond acceptors (Lipinski definition) is 4. The number of ether oxygens (including phenoxy) is 2. The molecular formula is C19H22IN3O3. The smallest absolute Gasteiger partial charge is 0.193 e. The molecule has 6 nitrogen and oxygen atoms in total. The van der Waals surface area contributed by atoms with Crippen LogP contribution in [0.15, 0.2) is 51.9 Å². The first-order valence-corrected chi connectivity index (χ1v) is 7.88. The first-order chi connectivity index (χ1) is 12.1. The average Bonchev–Trinajstić information content (AvgIpc) is 2.96. The molecule has 0 aliphatic carbocycles. The van der Waals surface area contributed by atoms with Gasteiger partial charge in [-0.15, -0.1) is 24.0 Å². The molecule has 0 bridgehead atoms. The van der Waals surface area contributed by atoms with Crippen molar-refractivity contribution in [1.82, 2.24) is 0 Å². The molecule has 3 aromatic rings. The molecule has 0 aliphatic rings. The lowest BCUT2D eigenvalue weighted by molar-refractivity contribution is 0.405. The first-order valence-electron chi connectivity index (χ1n) is 7.88. The molecular weight excluding hydrogens is 445 g/mol. The molecule has 3 N–H and O–H groups in total. The number of nitrogens with one attached hydrogen (secondary N) is 1. The number of methoxy groups -OCH3 is 2. The van der Waals surface area contributed by atoms with E-state index in [1.807, 2.05) is 37.3 Å². The number of nitrogens with two attached hydrogens (primary N) is 1. The minimum atomic E-state index is 0. The highest BCUT2D eigenvalue weighted by molar-refractivity contribution is 14.0. The quantitative estimate of drug-likeness (QED) is 0.332. The Morgan fingerprint density at radius 2 is 1.92 bits per heavy atom. The Balaban J connectivity index is 0.00000243. The van der Waals surface area contributed by atoms with Gasteiger partial charge < -0.3 is 24.9 Å². The largest absolute Gasteiger partial charge is 0.497 e. The minimum Gasteiger partial charge on any atom is -0.497 e. The Morgan fingerprint density at radius 3 is 2.62 bits per heavy atom. The average molecular weight is 467 g/mol. The molecule has 0 unspecified atom stereocenters. The molecule has 0 aliphatic heterocycles. The van der Waals surface area contributed by atoms with Crippen LogP contribution in [-0.4, -0.2) is 20.2 Å². The van der Waals surface area contributed by atoms with Crippen LogP contribution in [0.2, 0.25) is 0 Å². The van der Waals surface area contributed by atoms with E-state index in [0.717, 1.165) is 22.3 Å². The summed E-state index contributed by atoms with van der Waals surface area (Å²) in [6.07, 6.45) is 0. The van der Waals surface area contributed by atoms with E-state index in [1.54, 1.807) is 26.4 Å². The van der Waals surface area contributed by atoms with E-state index < -0.39 is 0 Å². The van der Waals surface area contributed by atoms with Gasteiger partial charge in [-0.05, 0) is 25.1 Å². The second-order valence-corrected chi connectivity index (χ2v) is 5.54. The molecule has 0 atom stereocenters. The van der Waals surface area contributed by atoms with E-state index in [-0.39, 0.29) is 29.9 Å². The fourth-order valence-electron chi connectivity index (χ4n) is 2.62. The number of rotatable bonds is 5. The van der Waals surface area contributed by atoms with Gasteiger partial charge in [-0.3, -0.25) is 0 Å². The van der Waals surface area contributed by atoms with Gasteiger partial charge in [0.2, 0.25) is 0 Å². The molecule has 138 valence electrons. The summed E-state index contributed by atoms with van der Waals surface area (Å²) in [7, 11) is 3.20. The van der Waals surface area contributed by atoms with Crippen molar-refractivity contribution in [2.24, 2.45) is 10.7 Å². The van der Waals surface area contributed by atoms with Crippen LogP contribution >= 0.6 is 24.0 Å². The van der Waals surface area contributed by atoms with Gasteiger partial charge in [0.25, 0.3) is 0 Å². The van der Waals surface area contributed by atoms with E-state index >= 15 is 0 Å². The first kappa shape index (κ1) is 19.9. The minimum absolute atomic E-state index is 0. The van der Waals surface area contributed by atoms with E-state index in [9.17, 15) is 0 Å². The number of anilines is 1. The van der Waals surface area contributed by atoms with Crippen LogP contribution in [0.25, 0.3) is 11.0 Å². The van der Waals surface area contributed by atoms with Crippen molar-refractivity contribution in [2.75, 3.05) is 19.5 Å². The number of aryl methyl sites for hydroxylation is 1. The lowest BCUT2D eigenvalue weighted by Crippen LogP contribution is -2.23. The second kappa shape index (κ2) is 8.79. The normalized spacial score (nSPS) is 11.1. The maximum absolute atomic E-state index is 6.01. The van der Waals surface area contributed by atoms with Gasteiger partial charge in [0.15, 0.2) is 5.96 Å². The standard InChI is InChI=1S/C19H21N3O3.HI/c1-12-14-6-4-5-7-16(14)25-18(12)11-21-19(20)22-15-10-13(23-2)8-9-17(15)24-3;/h4-10H,11H2,1-3H3,(H3,20,21,22);1H. The molecule has 0 saturated carbocycles. The van der Waals surface area contributed by atoms with Gasteiger partial charge in [-0.25, -0.2) is 4.99 Å². The van der Waals surface area contributed by atoms with Crippen LogP contribution in [0.5, 0.6) is 11.5 Å². The van der Waals surface area contributed by atoms with E-state index in [4.69, 9.17) is 19.6 Å². The number of para-hydroxylation sites is 1. The molecule has 0 radical (unpaired) electrons. The zero-order chi connectivity index (χ0) is 17.8. The topological polar surface area (TPSA) is 82.0 Å². The number of nitrogens with zero attached hydrogens (tertiary/aromatic N) is 1. The number of fused-ring (bicyclic) bond motifs is 1.